The highest BCUT2D eigenvalue weighted by Gasteiger charge is 2.09. The van der Waals surface area contributed by atoms with E-state index in [0.29, 0.717) is 11.1 Å². The molecule has 2 aromatic rings. The van der Waals surface area contributed by atoms with Crippen LogP contribution in [0.4, 0.5) is 0 Å². The van der Waals surface area contributed by atoms with Crippen LogP contribution in [0.15, 0.2) is 27.5 Å². The molecule has 1 heterocycles. The van der Waals surface area contributed by atoms with Gasteiger partial charge in [0, 0.05) is 0 Å². The molecule has 6 heteroatoms. The lowest BCUT2D eigenvalue weighted by Gasteiger charge is -1.95. The molecule has 0 aliphatic carbocycles. The zero-order valence-corrected chi connectivity index (χ0v) is 7.21. The van der Waals surface area contributed by atoms with Crippen LogP contribution < -0.4 is 5.14 Å². The number of fused-ring (bicyclic) bond motifs is 1. The van der Waals surface area contributed by atoms with E-state index in [9.17, 15) is 8.42 Å². The third-order valence-electron chi connectivity index (χ3n) is 1.58. The first-order valence-electron chi connectivity index (χ1n) is 3.37. The molecule has 0 aliphatic heterocycles. The van der Waals surface area contributed by atoms with Crippen LogP contribution in [0.1, 0.15) is 0 Å². The fourth-order valence-corrected chi connectivity index (χ4v) is 1.50. The van der Waals surface area contributed by atoms with Crippen LogP contribution in [0.25, 0.3) is 11.1 Å². The van der Waals surface area contributed by atoms with E-state index >= 15 is 0 Å². The number of rotatable bonds is 1. The minimum Gasteiger partial charge on any atom is -0.432 e. The van der Waals surface area contributed by atoms with E-state index in [2.05, 4.69) is 11.4 Å². The lowest BCUT2D eigenvalue weighted by molar-refractivity contribution is 0.591. The fourth-order valence-electron chi connectivity index (χ4n) is 0.969. The summed E-state index contributed by atoms with van der Waals surface area (Å²) in [5, 5.41) is 4.92. The SMILES string of the molecule is NS(=O)(=O)c1ccc2o[c]nc2c1. The summed E-state index contributed by atoms with van der Waals surface area (Å²) in [5.41, 5.74) is 0.902. The summed E-state index contributed by atoms with van der Waals surface area (Å²) in [5.74, 6) is 0. The van der Waals surface area contributed by atoms with Crippen LogP contribution in [-0.2, 0) is 10.0 Å². The molecule has 0 saturated carbocycles. The summed E-state index contributed by atoms with van der Waals surface area (Å²) in [6, 6.07) is 4.18. The number of hydrogen-bond donors (Lipinski definition) is 1. The van der Waals surface area contributed by atoms with Crippen LogP contribution in [0, 0.1) is 6.39 Å². The highest BCUT2D eigenvalue weighted by Crippen LogP contribution is 2.16. The topological polar surface area (TPSA) is 86.2 Å². The molecule has 0 saturated heterocycles. The van der Waals surface area contributed by atoms with Gasteiger partial charge in [-0.3, -0.25) is 0 Å². The summed E-state index contributed by atoms with van der Waals surface area (Å²) in [6.45, 7) is 0. The summed E-state index contributed by atoms with van der Waals surface area (Å²) < 4.78 is 26.6. The van der Waals surface area contributed by atoms with Gasteiger partial charge in [0.2, 0.25) is 10.0 Å². The van der Waals surface area contributed by atoms with Crippen molar-refractivity contribution in [2.75, 3.05) is 0 Å². The Labute approximate surface area is 74.2 Å². The lowest BCUT2D eigenvalue weighted by atomic mass is 10.3. The zero-order valence-electron chi connectivity index (χ0n) is 6.39. The van der Waals surface area contributed by atoms with E-state index in [-0.39, 0.29) is 4.90 Å². The number of benzene rings is 1. The molecule has 0 amide bonds. The number of sulfonamides is 1. The third kappa shape index (κ3) is 1.41. The van der Waals surface area contributed by atoms with Crippen molar-refractivity contribution in [3.63, 3.8) is 0 Å². The van der Waals surface area contributed by atoms with Crippen molar-refractivity contribution in [1.29, 1.82) is 0 Å². The Bertz CT molecular complexity index is 544. The van der Waals surface area contributed by atoms with Crippen LogP contribution in [-0.4, -0.2) is 13.4 Å². The predicted molar refractivity (Wildman–Crippen MR) is 44.2 cm³/mol. The number of oxazole rings is 1. The molecule has 2 N–H and O–H groups in total. The third-order valence-corrected chi connectivity index (χ3v) is 2.49. The van der Waals surface area contributed by atoms with E-state index in [1.807, 2.05) is 0 Å². The van der Waals surface area contributed by atoms with Crippen molar-refractivity contribution in [3.05, 3.63) is 24.6 Å². The summed E-state index contributed by atoms with van der Waals surface area (Å²) in [7, 11) is -3.67. The number of nitrogens with two attached hydrogens (primary N) is 1. The summed E-state index contributed by atoms with van der Waals surface area (Å²) in [6.07, 6.45) is 2.26. The molecule has 0 bridgehead atoms. The molecule has 5 nitrogen and oxygen atoms in total. The Morgan fingerprint density at radius 1 is 1.46 bits per heavy atom. The Kier molecular flexibility index (Phi) is 1.61. The molecule has 1 aromatic carbocycles. The van der Waals surface area contributed by atoms with Crippen molar-refractivity contribution in [2.45, 2.75) is 4.90 Å². The maximum Gasteiger partial charge on any atom is 0.284 e. The van der Waals surface area contributed by atoms with Crippen LogP contribution in [0.2, 0.25) is 0 Å². The molecule has 13 heavy (non-hydrogen) atoms. The van der Waals surface area contributed by atoms with Crippen molar-refractivity contribution in [1.82, 2.24) is 4.98 Å². The van der Waals surface area contributed by atoms with Crippen molar-refractivity contribution in [2.24, 2.45) is 5.14 Å². The molecule has 0 aliphatic rings. The van der Waals surface area contributed by atoms with E-state index in [1.54, 1.807) is 0 Å². The smallest absolute Gasteiger partial charge is 0.284 e. The number of primary sulfonamides is 1. The summed E-state index contributed by atoms with van der Waals surface area (Å²) >= 11 is 0. The Hall–Kier alpha value is -1.40. The first kappa shape index (κ1) is 8.21. The van der Waals surface area contributed by atoms with Gasteiger partial charge in [0.05, 0.1) is 4.90 Å². The van der Waals surface area contributed by atoms with E-state index in [4.69, 9.17) is 9.56 Å². The second kappa shape index (κ2) is 2.54. The maximum atomic E-state index is 10.9. The monoisotopic (exact) mass is 197 g/mol. The highest BCUT2D eigenvalue weighted by molar-refractivity contribution is 7.89. The van der Waals surface area contributed by atoms with Crippen molar-refractivity contribution in [3.8, 4) is 0 Å². The summed E-state index contributed by atoms with van der Waals surface area (Å²) in [4.78, 5) is 3.70. The van der Waals surface area contributed by atoms with Gasteiger partial charge in [-0.2, -0.15) is 0 Å². The average molecular weight is 197 g/mol. The standard InChI is InChI=1S/C7H5N2O3S/c8-13(10,11)5-1-2-7-6(3-5)9-4-12-7/h1-3H,(H2,8,10,11). The normalized spacial score (nSPS) is 12.1. The van der Waals surface area contributed by atoms with Gasteiger partial charge in [0.25, 0.3) is 6.39 Å². The van der Waals surface area contributed by atoms with Gasteiger partial charge in [-0.25, -0.2) is 18.5 Å². The van der Waals surface area contributed by atoms with E-state index in [1.165, 1.54) is 18.2 Å². The van der Waals surface area contributed by atoms with E-state index in [0.717, 1.165) is 0 Å². The average Bonchev–Trinajstić information content (AvgIpc) is 2.47. The predicted octanol–water partition coefficient (Wildman–Crippen LogP) is 0.275. The maximum absolute atomic E-state index is 10.9. The van der Waals surface area contributed by atoms with Crippen LogP contribution in [0.5, 0.6) is 0 Å². The molecule has 67 valence electrons. The molecule has 0 fully saturated rings. The molecule has 1 radical (unpaired) electrons. The Morgan fingerprint density at radius 2 is 2.23 bits per heavy atom. The number of hydrogen-bond acceptors (Lipinski definition) is 4. The highest BCUT2D eigenvalue weighted by atomic mass is 32.2. The number of nitrogens with zero attached hydrogens (tertiary/aromatic N) is 1. The first-order valence-corrected chi connectivity index (χ1v) is 4.91. The Balaban J connectivity index is 2.75. The molecule has 2 rings (SSSR count). The van der Waals surface area contributed by atoms with Crippen LogP contribution in [0.3, 0.4) is 0 Å². The van der Waals surface area contributed by atoms with Crippen molar-refractivity contribution >= 4 is 21.1 Å². The van der Waals surface area contributed by atoms with Gasteiger partial charge in [-0.15, -0.1) is 0 Å². The second-order valence-corrected chi connectivity index (χ2v) is 4.04. The second-order valence-electron chi connectivity index (χ2n) is 2.48. The van der Waals surface area contributed by atoms with Gasteiger partial charge in [0.15, 0.2) is 5.58 Å². The molecule has 0 unspecified atom stereocenters. The van der Waals surface area contributed by atoms with Gasteiger partial charge < -0.3 is 4.42 Å². The molecular weight excluding hydrogens is 192 g/mol. The first-order chi connectivity index (χ1) is 6.07. The molecule has 0 spiro atoms. The van der Waals surface area contributed by atoms with Crippen molar-refractivity contribution < 1.29 is 12.8 Å². The minimum atomic E-state index is -3.67. The fraction of sp³-hybridized carbons (Fsp3) is 0. The van der Waals surface area contributed by atoms with Gasteiger partial charge in [0.1, 0.15) is 5.52 Å². The lowest BCUT2D eigenvalue weighted by Crippen LogP contribution is -2.11. The minimum absolute atomic E-state index is 0.0160. The quantitative estimate of drug-likeness (QED) is 0.711. The van der Waals surface area contributed by atoms with Gasteiger partial charge in [-0.1, -0.05) is 0 Å². The van der Waals surface area contributed by atoms with Gasteiger partial charge >= 0.3 is 0 Å². The number of aromatic nitrogens is 1. The van der Waals surface area contributed by atoms with Gasteiger partial charge in [-0.05, 0) is 18.2 Å². The Morgan fingerprint density at radius 3 is 2.92 bits per heavy atom. The molecular formula is C7H5N2O3S. The zero-order chi connectivity index (χ0) is 9.47. The largest absolute Gasteiger partial charge is 0.432 e. The molecule has 1 aromatic heterocycles. The molecule has 0 atom stereocenters. The van der Waals surface area contributed by atoms with Crippen LogP contribution >= 0.6 is 0 Å². The van der Waals surface area contributed by atoms with E-state index < -0.39 is 10.0 Å².